The van der Waals surface area contributed by atoms with Crippen LogP contribution >= 0.6 is 15.9 Å². The minimum atomic E-state index is -0.294. The summed E-state index contributed by atoms with van der Waals surface area (Å²) >= 11 is 3.28. The molecule has 0 spiro atoms. The number of hydrogen-bond acceptors (Lipinski definition) is 3. The molecule has 0 aliphatic rings. The van der Waals surface area contributed by atoms with Crippen LogP contribution in [0.5, 0.6) is 0 Å². The highest BCUT2D eigenvalue weighted by Gasteiger charge is 2.09. The molecule has 19 heavy (non-hydrogen) atoms. The van der Waals surface area contributed by atoms with E-state index in [9.17, 15) is 9.59 Å². The number of halogens is 1. The third-order valence-corrected chi connectivity index (χ3v) is 3.01. The van der Waals surface area contributed by atoms with Crippen molar-refractivity contribution in [3.8, 4) is 0 Å². The number of aliphatic hydroxyl groups excluding tert-OH is 1. The average Bonchev–Trinajstić information content (AvgIpc) is 2.37. The van der Waals surface area contributed by atoms with E-state index in [4.69, 9.17) is 5.11 Å². The predicted molar refractivity (Wildman–Crippen MR) is 75.8 cm³/mol. The molecule has 0 aromatic heterocycles. The molecular weight excluding hydrogens is 312 g/mol. The monoisotopic (exact) mass is 328 g/mol. The number of hydrogen-bond donors (Lipinski definition) is 3. The average molecular weight is 329 g/mol. The maximum atomic E-state index is 11.7. The number of carbonyl (C=O) groups excluding carboxylic acids is 2. The van der Waals surface area contributed by atoms with Gasteiger partial charge in [-0.3, -0.25) is 9.59 Å². The van der Waals surface area contributed by atoms with Crippen LogP contribution in [0.25, 0.3) is 0 Å². The van der Waals surface area contributed by atoms with Gasteiger partial charge in [0.15, 0.2) is 0 Å². The van der Waals surface area contributed by atoms with Gasteiger partial charge in [0.1, 0.15) is 0 Å². The number of aliphatic hydroxyl groups is 1. The van der Waals surface area contributed by atoms with Gasteiger partial charge in [0.25, 0.3) is 5.91 Å². The van der Waals surface area contributed by atoms with Crippen molar-refractivity contribution < 1.29 is 14.7 Å². The largest absolute Gasteiger partial charge is 0.396 e. The molecule has 0 bridgehead atoms. The zero-order valence-corrected chi connectivity index (χ0v) is 12.2. The molecule has 1 rings (SSSR count). The fourth-order valence-corrected chi connectivity index (χ4v) is 1.72. The molecule has 5 nitrogen and oxygen atoms in total. The van der Waals surface area contributed by atoms with Gasteiger partial charge in [-0.05, 0) is 37.6 Å². The second-order valence-corrected chi connectivity index (χ2v) is 5.09. The van der Waals surface area contributed by atoms with Crippen LogP contribution in [0.1, 0.15) is 23.7 Å². The molecule has 1 unspecified atom stereocenters. The summed E-state index contributed by atoms with van der Waals surface area (Å²) in [6.45, 7) is 1.74. The topological polar surface area (TPSA) is 78.4 Å². The van der Waals surface area contributed by atoms with Gasteiger partial charge in [0, 0.05) is 22.7 Å². The molecule has 1 atom stereocenters. The number of amides is 2. The first-order valence-electron chi connectivity index (χ1n) is 5.97. The van der Waals surface area contributed by atoms with E-state index in [1.54, 1.807) is 31.2 Å². The molecule has 2 amide bonds. The van der Waals surface area contributed by atoms with Crippen molar-refractivity contribution in [3.05, 3.63) is 34.3 Å². The summed E-state index contributed by atoms with van der Waals surface area (Å²) in [5, 5.41) is 13.9. The van der Waals surface area contributed by atoms with Gasteiger partial charge in [0.05, 0.1) is 6.54 Å². The third-order valence-electron chi connectivity index (χ3n) is 2.49. The molecular formula is C13H17BrN2O3. The molecule has 0 saturated heterocycles. The van der Waals surface area contributed by atoms with E-state index in [2.05, 4.69) is 26.6 Å². The second-order valence-electron chi connectivity index (χ2n) is 4.17. The second kappa shape index (κ2) is 7.91. The highest BCUT2D eigenvalue weighted by molar-refractivity contribution is 9.10. The first-order valence-corrected chi connectivity index (χ1v) is 6.76. The molecule has 0 fully saturated rings. The van der Waals surface area contributed by atoms with Gasteiger partial charge in [0.2, 0.25) is 5.91 Å². The maximum Gasteiger partial charge on any atom is 0.251 e. The van der Waals surface area contributed by atoms with E-state index < -0.39 is 0 Å². The molecule has 1 aromatic carbocycles. The van der Waals surface area contributed by atoms with Gasteiger partial charge in [-0.2, -0.15) is 0 Å². The van der Waals surface area contributed by atoms with Crippen LogP contribution in [0.3, 0.4) is 0 Å². The van der Waals surface area contributed by atoms with Crippen molar-refractivity contribution in [1.29, 1.82) is 0 Å². The molecule has 0 aliphatic heterocycles. The Labute approximate surface area is 120 Å². The number of benzene rings is 1. The summed E-state index contributed by atoms with van der Waals surface area (Å²) < 4.78 is 0.889. The molecule has 1 aromatic rings. The molecule has 104 valence electrons. The summed E-state index contributed by atoms with van der Waals surface area (Å²) in [6, 6.07) is 6.76. The van der Waals surface area contributed by atoms with Crippen molar-refractivity contribution in [1.82, 2.24) is 10.6 Å². The molecule has 0 saturated carbocycles. The highest BCUT2D eigenvalue weighted by atomic mass is 79.9. The summed E-state index contributed by atoms with van der Waals surface area (Å²) in [5.74, 6) is -0.566. The molecule has 0 aliphatic carbocycles. The van der Waals surface area contributed by atoms with Crippen molar-refractivity contribution in [2.45, 2.75) is 19.4 Å². The van der Waals surface area contributed by atoms with Crippen LogP contribution in [0, 0.1) is 0 Å². The van der Waals surface area contributed by atoms with E-state index in [0.717, 1.165) is 4.47 Å². The first kappa shape index (κ1) is 15.7. The smallest absolute Gasteiger partial charge is 0.251 e. The Bertz CT molecular complexity index is 434. The molecule has 0 radical (unpaired) electrons. The Balaban J connectivity index is 2.37. The molecule has 0 heterocycles. The maximum absolute atomic E-state index is 11.7. The van der Waals surface area contributed by atoms with E-state index in [1.165, 1.54) is 0 Å². The number of nitrogens with one attached hydrogen (secondary N) is 2. The lowest BCUT2D eigenvalue weighted by molar-refractivity contribution is -0.120. The number of rotatable bonds is 6. The van der Waals surface area contributed by atoms with Crippen molar-refractivity contribution >= 4 is 27.7 Å². The molecule has 6 heteroatoms. The minimum Gasteiger partial charge on any atom is -0.396 e. The van der Waals surface area contributed by atoms with Gasteiger partial charge < -0.3 is 15.7 Å². The quantitative estimate of drug-likeness (QED) is 0.730. The predicted octanol–water partition coefficient (Wildman–Crippen LogP) is 1.07. The van der Waals surface area contributed by atoms with Gasteiger partial charge in [-0.1, -0.05) is 15.9 Å². The fraction of sp³-hybridized carbons (Fsp3) is 0.385. The SMILES string of the molecule is CC(CCO)NC(=O)CNC(=O)c1ccc(Br)cc1. The zero-order chi connectivity index (χ0) is 14.3. The normalized spacial score (nSPS) is 11.7. The van der Waals surface area contributed by atoms with Crippen molar-refractivity contribution in [3.63, 3.8) is 0 Å². The summed E-state index contributed by atoms with van der Waals surface area (Å²) in [6.07, 6.45) is 0.492. The zero-order valence-electron chi connectivity index (χ0n) is 10.6. The minimum absolute atomic E-state index is 0.0205. The Morgan fingerprint density at radius 1 is 1.32 bits per heavy atom. The third kappa shape index (κ3) is 5.85. The fourth-order valence-electron chi connectivity index (χ4n) is 1.46. The lowest BCUT2D eigenvalue weighted by Gasteiger charge is -2.12. The standard InChI is InChI=1S/C13H17BrN2O3/c1-9(6-7-17)16-12(18)8-15-13(19)10-2-4-11(14)5-3-10/h2-5,9,17H,6-8H2,1H3,(H,15,19)(H,16,18). The van der Waals surface area contributed by atoms with Gasteiger partial charge in [-0.25, -0.2) is 0 Å². The van der Waals surface area contributed by atoms with Crippen LogP contribution in [-0.4, -0.2) is 36.1 Å². The van der Waals surface area contributed by atoms with Gasteiger partial charge in [-0.15, -0.1) is 0 Å². The van der Waals surface area contributed by atoms with E-state index >= 15 is 0 Å². The summed E-state index contributed by atoms with van der Waals surface area (Å²) in [4.78, 5) is 23.2. The highest BCUT2D eigenvalue weighted by Crippen LogP contribution is 2.10. The van der Waals surface area contributed by atoms with Crippen molar-refractivity contribution in [2.75, 3.05) is 13.2 Å². The van der Waals surface area contributed by atoms with E-state index in [0.29, 0.717) is 12.0 Å². The van der Waals surface area contributed by atoms with Crippen LogP contribution < -0.4 is 10.6 Å². The van der Waals surface area contributed by atoms with Crippen LogP contribution in [0.4, 0.5) is 0 Å². The van der Waals surface area contributed by atoms with Crippen LogP contribution in [-0.2, 0) is 4.79 Å². The van der Waals surface area contributed by atoms with Crippen molar-refractivity contribution in [2.24, 2.45) is 0 Å². The van der Waals surface area contributed by atoms with Crippen LogP contribution in [0.2, 0.25) is 0 Å². The number of carbonyl (C=O) groups is 2. The van der Waals surface area contributed by atoms with Gasteiger partial charge >= 0.3 is 0 Å². The summed E-state index contributed by atoms with van der Waals surface area (Å²) in [7, 11) is 0. The Hall–Kier alpha value is -1.40. The Morgan fingerprint density at radius 2 is 1.95 bits per heavy atom. The van der Waals surface area contributed by atoms with E-state index in [1.807, 2.05) is 0 Å². The lowest BCUT2D eigenvalue weighted by Crippen LogP contribution is -2.41. The Kier molecular flexibility index (Phi) is 6.52. The lowest BCUT2D eigenvalue weighted by atomic mass is 10.2. The summed E-state index contributed by atoms with van der Waals surface area (Å²) in [5.41, 5.74) is 0.499. The Morgan fingerprint density at radius 3 is 2.53 bits per heavy atom. The van der Waals surface area contributed by atoms with Crippen LogP contribution in [0.15, 0.2) is 28.7 Å². The van der Waals surface area contributed by atoms with E-state index in [-0.39, 0.29) is 31.0 Å². The first-order chi connectivity index (χ1) is 9.02. The molecule has 3 N–H and O–H groups in total.